The maximum absolute atomic E-state index is 12.6. The number of unbranched alkanes of at least 4 members (excludes halogenated alkanes) is 10. The summed E-state index contributed by atoms with van der Waals surface area (Å²) in [6.07, 6.45) is 14.2. The summed E-state index contributed by atoms with van der Waals surface area (Å²) in [5.41, 5.74) is 0. The van der Waals surface area contributed by atoms with Crippen molar-refractivity contribution in [1.82, 2.24) is 0 Å². The minimum atomic E-state index is -3.90. The second-order valence-electron chi connectivity index (χ2n) is 8.94. The molecule has 0 saturated heterocycles. The lowest BCUT2D eigenvalue weighted by Crippen LogP contribution is -2.37. The molecule has 0 saturated carbocycles. The first-order valence-corrected chi connectivity index (χ1v) is 13.3. The van der Waals surface area contributed by atoms with E-state index in [4.69, 9.17) is 18.6 Å². The molecule has 30 heavy (non-hydrogen) atoms. The Balaban J connectivity index is 3.88. The molecule has 0 aliphatic carbocycles. The topological polar surface area (TPSA) is 71.1 Å². The van der Waals surface area contributed by atoms with E-state index in [2.05, 4.69) is 6.92 Å². The number of rotatable bonds is 21. The normalized spacial score (nSPS) is 13.9. The molecule has 0 N–H and O–H groups in total. The van der Waals surface area contributed by atoms with Gasteiger partial charge in [0.1, 0.15) is 13.2 Å². The number of hydrogen-bond acceptors (Lipinski definition) is 6. The van der Waals surface area contributed by atoms with Gasteiger partial charge in [-0.25, -0.2) is 9.36 Å². The summed E-state index contributed by atoms with van der Waals surface area (Å²) in [6.45, 7) is 5.13. The molecule has 0 aromatic heterocycles. The highest BCUT2D eigenvalue weighted by molar-refractivity contribution is 7.48. The van der Waals surface area contributed by atoms with Crippen molar-refractivity contribution in [2.75, 3.05) is 40.9 Å². The van der Waals surface area contributed by atoms with E-state index in [9.17, 15) is 9.36 Å². The van der Waals surface area contributed by atoms with E-state index in [1.54, 1.807) is 0 Å². The van der Waals surface area contributed by atoms with Gasteiger partial charge in [-0.1, -0.05) is 82.7 Å². The van der Waals surface area contributed by atoms with Gasteiger partial charge in [0.25, 0.3) is 0 Å². The fourth-order valence-electron chi connectivity index (χ4n) is 2.77. The third-order valence-corrected chi connectivity index (χ3v) is 5.93. The Morgan fingerprint density at radius 1 is 0.733 bits per heavy atom. The van der Waals surface area contributed by atoms with Gasteiger partial charge in [0.05, 0.1) is 27.7 Å². The van der Waals surface area contributed by atoms with Crippen LogP contribution in [0.2, 0.25) is 0 Å². The molecule has 1 unspecified atom stereocenters. The lowest BCUT2D eigenvalue weighted by Gasteiger charge is -2.24. The molecule has 0 heterocycles. The number of quaternary nitrogens is 1. The number of carbonyl (C=O) groups excluding carboxylic acids is 1. The van der Waals surface area contributed by atoms with E-state index >= 15 is 0 Å². The maximum atomic E-state index is 12.6. The predicted octanol–water partition coefficient (Wildman–Crippen LogP) is 6.42. The van der Waals surface area contributed by atoms with Crippen LogP contribution in [0.1, 0.15) is 97.3 Å². The lowest BCUT2D eigenvalue weighted by atomic mass is 10.1. The Labute approximate surface area is 184 Å². The van der Waals surface area contributed by atoms with Crippen molar-refractivity contribution in [3.63, 3.8) is 0 Å². The highest BCUT2D eigenvalue weighted by atomic mass is 31.2. The number of carbonyl (C=O) groups is 1. The van der Waals surface area contributed by atoms with Crippen molar-refractivity contribution in [2.24, 2.45) is 0 Å². The van der Waals surface area contributed by atoms with Crippen LogP contribution >= 0.6 is 7.82 Å². The minimum Gasteiger partial charge on any atom is -0.329 e. The van der Waals surface area contributed by atoms with Crippen LogP contribution in [0.15, 0.2) is 0 Å². The summed E-state index contributed by atoms with van der Waals surface area (Å²) in [6, 6.07) is 0. The molecule has 0 aliphatic heterocycles. The SMILES string of the molecule is CCCCCCCCCCCCCC(=O)OOP(=O)(OCCC)OCC[N+](C)(C)C. The van der Waals surface area contributed by atoms with Crippen LogP contribution in [0, 0.1) is 0 Å². The van der Waals surface area contributed by atoms with Gasteiger partial charge in [-0.05, 0) is 12.8 Å². The Morgan fingerprint density at radius 3 is 1.73 bits per heavy atom. The Bertz CT molecular complexity index is 467. The van der Waals surface area contributed by atoms with E-state index in [-0.39, 0.29) is 19.6 Å². The van der Waals surface area contributed by atoms with Gasteiger partial charge >= 0.3 is 13.8 Å². The molecule has 0 bridgehead atoms. The van der Waals surface area contributed by atoms with E-state index < -0.39 is 13.8 Å². The van der Waals surface area contributed by atoms with Gasteiger partial charge in [0.2, 0.25) is 0 Å². The zero-order valence-corrected chi connectivity index (χ0v) is 21.1. The fourth-order valence-corrected chi connectivity index (χ4v) is 3.82. The number of hydrogen-bond donors (Lipinski definition) is 0. The maximum Gasteiger partial charge on any atom is 0.511 e. The third-order valence-electron chi connectivity index (χ3n) is 4.67. The van der Waals surface area contributed by atoms with E-state index in [1.807, 2.05) is 28.1 Å². The summed E-state index contributed by atoms with van der Waals surface area (Å²) in [5.74, 6) is -0.540. The minimum absolute atomic E-state index is 0.181. The van der Waals surface area contributed by atoms with Gasteiger partial charge < -0.3 is 4.48 Å². The van der Waals surface area contributed by atoms with Gasteiger partial charge in [-0.15, -0.1) is 0 Å². The van der Waals surface area contributed by atoms with Crippen molar-refractivity contribution in [2.45, 2.75) is 97.3 Å². The average molecular weight is 453 g/mol. The van der Waals surface area contributed by atoms with Crippen molar-refractivity contribution in [1.29, 1.82) is 0 Å². The van der Waals surface area contributed by atoms with Crippen molar-refractivity contribution < 1.29 is 32.5 Å². The Kier molecular flexibility index (Phi) is 17.9. The summed E-state index contributed by atoms with van der Waals surface area (Å²) < 4.78 is 28.5. The van der Waals surface area contributed by atoms with E-state index in [1.165, 1.54) is 51.4 Å². The first kappa shape index (κ1) is 29.5. The van der Waals surface area contributed by atoms with Gasteiger partial charge in [-0.2, -0.15) is 0 Å². The molecule has 0 aromatic rings. The van der Waals surface area contributed by atoms with Crippen LogP contribution in [0.25, 0.3) is 0 Å². The monoisotopic (exact) mass is 452 g/mol. The highest BCUT2D eigenvalue weighted by Gasteiger charge is 2.31. The molecular formula is C22H47NO6P+. The molecule has 0 aromatic carbocycles. The van der Waals surface area contributed by atoms with Gasteiger partial charge in [-0.3, -0.25) is 13.9 Å². The zero-order chi connectivity index (χ0) is 22.7. The average Bonchev–Trinajstić information content (AvgIpc) is 2.68. The number of nitrogens with zero attached hydrogens (tertiary/aromatic N) is 1. The molecule has 0 fully saturated rings. The molecule has 0 rings (SSSR count). The molecule has 7 nitrogen and oxygen atoms in total. The van der Waals surface area contributed by atoms with E-state index in [0.717, 1.165) is 19.3 Å². The second-order valence-corrected chi connectivity index (χ2v) is 10.5. The van der Waals surface area contributed by atoms with Crippen molar-refractivity contribution >= 4 is 13.8 Å². The van der Waals surface area contributed by atoms with Crippen LogP contribution in [0.5, 0.6) is 0 Å². The molecule has 0 amide bonds. The standard InChI is InChI=1S/C22H47NO6P/c1-6-8-9-10-11-12-13-14-15-16-17-18-22(24)28-29-30(25,26-20-7-2)27-21-19-23(3,4)5/h6-21H2,1-5H3/q+1. The summed E-state index contributed by atoms with van der Waals surface area (Å²) >= 11 is 0. The fraction of sp³-hybridized carbons (Fsp3) is 0.955. The largest absolute Gasteiger partial charge is 0.511 e. The lowest BCUT2D eigenvalue weighted by molar-refractivity contribution is -0.870. The third kappa shape index (κ3) is 19.5. The molecule has 0 aliphatic rings. The van der Waals surface area contributed by atoms with E-state index in [0.29, 0.717) is 17.4 Å². The zero-order valence-electron chi connectivity index (χ0n) is 20.2. The van der Waals surface area contributed by atoms with Crippen LogP contribution in [0.4, 0.5) is 0 Å². The molecule has 8 heteroatoms. The quantitative estimate of drug-likeness (QED) is 0.0658. The van der Waals surface area contributed by atoms with Crippen LogP contribution < -0.4 is 0 Å². The number of phosphoric acid groups is 1. The second kappa shape index (κ2) is 18.1. The number of likely N-dealkylation sites (N-methyl/N-ethyl adjacent to an activating group) is 1. The Hall–Kier alpha value is -0.460. The number of phosphoric ester groups is 1. The molecular weight excluding hydrogens is 405 g/mol. The molecule has 1 atom stereocenters. The smallest absolute Gasteiger partial charge is 0.329 e. The molecule has 0 radical (unpaired) electrons. The first-order chi connectivity index (χ1) is 14.2. The van der Waals surface area contributed by atoms with Gasteiger partial charge in [0, 0.05) is 6.42 Å². The predicted molar refractivity (Wildman–Crippen MR) is 121 cm³/mol. The van der Waals surface area contributed by atoms with Crippen LogP contribution in [-0.4, -0.2) is 51.4 Å². The summed E-state index contributed by atoms with van der Waals surface area (Å²) in [4.78, 5) is 16.6. The van der Waals surface area contributed by atoms with Crippen LogP contribution in [0.3, 0.4) is 0 Å². The molecule has 180 valence electrons. The summed E-state index contributed by atoms with van der Waals surface area (Å²) in [7, 11) is 2.09. The van der Waals surface area contributed by atoms with Gasteiger partial charge in [0.15, 0.2) is 0 Å². The first-order valence-electron chi connectivity index (χ1n) is 11.8. The van der Waals surface area contributed by atoms with Crippen LogP contribution in [-0.2, 0) is 28.0 Å². The van der Waals surface area contributed by atoms with Crippen molar-refractivity contribution in [3.05, 3.63) is 0 Å². The Morgan fingerprint density at radius 2 is 1.23 bits per heavy atom. The summed E-state index contributed by atoms with van der Waals surface area (Å²) in [5, 5.41) is 0. The molecule has 0 spiro atoms. The highest BCUT2D eigenvalue weighted by Crippen LogP contribution is 2.49. The van der Waals surface area contributed by atoms with Crippen molar-refractivity contribution in [3.8, 4) is 0 Å².